The summed E-state index contributed by atoms with van der Waals surface area (Å²) >= 11 is 0. The van der Waals surface area contributed by atoms with Gasteiger partial charge in [0.15, 0.2) is 0 Å². The van der Waals surface area contributed by atoms with E-state index < -0.39 is 0 Å². The van der Waals surface area contributed by atoms with Crippen LogP contribution >= 0.6 is 0 Å². The Morgan fingerprint density at radius 1 is 1.16 bits per heavy atom. The number of piperidine rings is 1. The van der Waals surface area contributed by atoms with Gasteiger partial charge in [-0.05, 0) is 75.4 Å². The Bertz CT molecular complexity index is 900. The first-order chi connectivity index (χ1) is 15.4. The highest BCUT2D eigenvalue weighted by atomic mass is 16.5. The van der Waals surface area contributed by atoms with Crippen LogP contribution in [-0.4, -0.2) is 42.0 Å². The summed E-state index contributed by atoms with van der Waals surface area (Å²) < 4.78 is 11.2. The van der Waals surface area contributed by atoms with Crippen LogP contribution in [-0.2, 0) is 11.3 Å². The summed E-state index contributed by atoms with van der Waals surface area (Å²) in [5.74, 6) is 3.98. The van der Waals surface area contributed by atoms with Gasteiger partial charge in [-0.2, -0.15) is 0 Å². The van der Waals surface area contributed by atoms with Crippen LogP contribution in [0.5, 0.6) is 5.75 Å². The highest BCUT2D eigenvalue weighted by Crippen LogP contribution is 2.30. The van der Waals surface area contributed by atoms with Gasteiger partial charge in [-0.15, -0.1) is 0 Å². The normalized spacial score (nSPS) is 24.9. The Kier molecular flexibility index (Phi) is 7.19. The zero-order valence-electron chi connectivity index (χ0n) is 19.9. The second-order valence-corrected chi connectivity index (χ2v) is 9.68. The molecule has 6 heteroatoms. The first kappa shape index (κ1) is 22.8. The van der Waals surface area contributed by atoms with E-state index in [0.29, 0.717) is 23.8 Å². The molecule has 3 atom stereocenters. The molecule has 1 aromatic carbocycles. The number of nitrogens with one attached hydrogen (secondary N) is 1. The van der Waals surface area contributed by atoms with E-state index in [1.807, 2.05) is 31.2 Å². The zero-order valence-corrected chi connectivity index (χ0v) is 19.9. The van der Waals surface area contributed by atoms with E-state index in [1.165, 1.54) is 12.8 Å². The highest BCUT2D eigenvalue weighted by molar-refractivity contribution is 5.79. The zero-order chi connectivity index (χ0) is 22.7. The number of rotatable bonds is 6. The van der Waals surface area contributed by atoms with E-state index in [1.54, 1.807) is 7.11 Å². The molecule has 1 aliphatic heterocycles. The molecule has 1 aliphatic carbocycles. The number of aromatic nitrogens is 1. The number of hydrogen-bond donors (Lipinski definition) is 1. The third-order valence-electron chi connectivity index (χ3n) is 7.60. The molecular weight excluding hydrogens is 402 g/mol. The molecule has 1 N–H and O–H groups in total. The molecule has 1 aromatic heterocycles. The lowest BCUT2D eigenvalue weighted by Gasteiger charge is -2.36. The number of aryl methyl sites for hydroxylation is 1. The van der Waals surface area contributed by atoms with Crippen molar-refractivity contribution >= 4 is 5.91 Å². The number of methoxy groups -OCH3 is 1. The summed E-state index contributed by atoms with van der Waals surface area (Å²) in [5, 5.41) is 3.38. The number of ether oxygens (including phenoxy) is 1. The first-order valence-electron chi connectivity index (χ1n) is 12.1. The van der Waals surface area contributed by atoms with Gasteiger partial charge in [0.25, 0.3) is 0 Å². The Morgan fingerprint density at radius 3 is 2.56 bits per heavy atom. The van der Waals surface area contributed by atoms with Crippen LogP contribution in [0.4, 0.5) is 0 Å². The van der Waals surface area contributed by atoms with E-state index in [-0.39, 0.29) is 11.8 Å². The molecule has 4 rings (SSSR count). The Labute approximate surface area is 191 Å². The summed E-state index contributed by atoms with van der Waals surface area (Å²) in [6.07, 6.45) is 5.45. The van der Waals surface area contributed by atoms with Crippen LogP contribution in [0.3, 0.4) is 0 Å². The minimum atomic E-state index is 0.129. The van der Waals surface area contributed by atoms with Crippen molar-refractivity contribution in [2.75, 3.05) is 20.2 Å². The van der Waals surface area contributed by atoms with E-state index >= 15 is 0 Å². The van der Waals surface area contributed by atoms with Gasteiger partial charge in [0.1, 0.15) is 11.5 Å². The number of amides is 1. The van der Waals surface area contributed by atoms with Crippen LogP contribution in [0, 0.1) is 24.7 Å². The van der Waals surface area contributed by atoms with Gasteiger partial charge in [0.05, 0.1) is 12.8 Å². The van der Waals surface area contributed by atoms with Crippen LogP contribution in [0.1, 0.15) is 57.4 Å². The lowest BCUT2D eigenvalue weighted by atomic mass is 9.78. The Morgan fingerprint density at radius 2 is 1.88 bits per heavy atom. The Balaban J connectivity index is 1.29. The molecule has 2 aliphatic rings. The average molecular weight is 440 g/mol. The summed E-state index contributed by atoms with van der Waals surface area (Å²) in [7, 11) is 1.66. The van der Waals surface area contributed by atoms with Crippen molar-refractivity contribution in [3.05, 3.63) is 35.7 Å². The molecule has 1 amide bonds. The second-order valence-electron chi connectivity index (χ2n) is 9.68. The van der Waals surface area contributed by atoms with Gasteiger partial charge in [-0.3, -0.25) is 9.69 Å². The number of likely N-dealkylation sites (tertiary alicyclic amines) is 1. The number of oxazole rings is 1. The largest absolute Gasteiger partial charge is 0.497 e. The maximum Gasteiger partial charge on any atom is 0.226 e. The first-order valence-corrected chi connectivity index (χ1v) is 12.1. The maximum absolute atomic E-state index is 12.9. The van der Waals surface area contributed by atoms with Crippen molar-refractivity contribution in [3.63, 3.8) is 0 Å². The number of hydrogen-bond acceptors (Lipinski definition) is 5. The topological polar surface area (TPSA) is 67.6 Å². The van der Waals surface area contributed by atoms with E-state index in [2.05, 4.69) is 24.1 Å². The van der Waals surface area contributed by atoms with Crippen LogP contribution in [0.2, 0.25) is 0 Å². The van der Waals surface area contributed by atoms with Gasteiger partial charge in [0, 0.05) is 24.1 Å². The molecule has 1 saturated carbocycles. The summed E-state index contributed by atoms with van der Waals surface area (Å²) in [4.78, 5) is 20.0. The molecule has 6 nitrogen and oxygen atoms in total. The quantitative estimate of drug-likeness (QED) is 0.699. The van der Waals surface area contributed by atoms with Gasteiger partial charge in [-0.1, -0.05) is 26.7 Å². The molecule has 2 heterocycles. The Hall–Kier alpha value is -2.34. The van der Waals surface area contributed by atoms with Crippen molar-refractivity contribution in [3.8, 4) is 17.2 Å². The van der Waals surface area contributed by atoms with E-state index in [4.69, 9.17) is 14.1 Å². The molecule has 0 bridgehead atoms. The molecule has 0 spiro atoms. The predicted molar refractivity (Wildman–Crippen MR) is 125 cm³/mol. The summed E-state index contributed by atoms with van der Waals surface area (Å²) in [5.41, 5.74) is 1.92. The van der Waals surface area contributed by atoms with Crippen molar-refractivity contribution in [1.29, 1.82) is 0 Å². The third kappa shape index (κ3) is 5.17. The maximum atomic E-state index is 12.9. The standard InChI is InChI=1S/C26H37N3O3/c1-17-6-5-7-23(18(17)2)27-25(30)20-12-14-29(15-13-20)16-24-19(3)32-26(28-24)21-8-10-22(31-4)11-9-21/h8-11,17-18,20,23H,5-7,12-16H2,1-4H3,(H,27,30). The van der Waals surface area contributed by atoms with Gasteiger partial charge in [-0.25, -0.2) is 4.98 Å². The fraction of sp³-hybridized carbons (Fsp3) is 0.615. The van der Waals surface area contributed by atoms with Crippen molar-refractivity contribution < 1.29 is 13.9 Å². The number of carbonyl (C=O) groups is 1. The van der Waals surface area contributed by atoms with E-state index in [0.717, 1.165) is 61.7 Å². The van der Waals surface area contributed by atoms with Gasteiger partial charge in [0.2, 0.25) is 11.8 Å². The molecule has 32 heavy (non-hydrogen) atoms. The number of benzene rings is 1. The third-order valence-corrected chi connectivity index (χ3v) is 7.60. The average Bonchev–Trinajstić information content (AvgIpc) is 3.17. The smallest absolute Gasteiger partial charge is 0.226 e. The van der Waals surface area contributed by atoms with Crippen LogP contribution in [0.25, 0.3) is 11.5 Å². The van der Waals surface area contributed by atoms with Crippen molar-refractivity contribution in [2.45, 2.75) is 65.5 Å². The van der Waals surface area contributed by atoms with Crippen molar-refractivity contribution in [1.82, 2.24) is 15.2 Å². The highest BCUT2D eigenvalue weighted by Gasteiger charge is 2.32. The van der Waals surface area contributed by atoms with Crippen LogP contribution in [0.15, 0.2) is 28.7 Å². The summed E-state index contributed by atoms with van der Waals surface area (Å²) in [6, 6.07) is 8.11. The predicted octanol–water partition coefficient (Wildman–Crippen LogP) is 4.81. The van der Waals surface area contributed by atoms with Crippen molar-refractivity contribution in [2.24, 2.45) is 17.8 Å². The molecule has 3 unspecified atom stereocenters. The lowest BCUT2D eigenvalue weighted by molar-refractivity contribution is -0.128. The van der Waals surface area contributed by atoms with Crippen LogP contribution < -0.4 is 10.1 Å². The molecule has 2 fully saturated rings. The number of carbonyl (C=O) groups excluding carboxylic acids is 1. The van der Waals surface area contributed by atoms with Gasteiger partial charge >= 0.3 is 0 Å². The molecule has 1 saturated heterocycles. The van der Waals surface area contributed by atoms with E-state index in [9.17, 15) is 4.79 Å². The molecule has 2 aromatic rings. The molecule has 174 valence electrons. The number of nitrogens with zero attached hydrogens (tertiary/aromatic N) is 2. The fourth-order valence-corrected chi connectivity index (χ4v) is 5.08. The van der Waals surface area contributed by atoms with Gasteiger partial charge < -0.3 is 14.5 Å². The fourth-order valence-electron chi connectivity index (χ4n) is 5.08. The minimum Gasteiger partial charge on any atom is -0.497 e. The second kappa shape index (κ2) is 10.1. The summed E-state index contributed by atoms with van der Waals surface area (Å²) in [6.45, 7) is 9.17. The molecular formula is C26H37N3O3. The molecule has 0 radical (unpaired) electrons. The monoisotopic (exact) mass is 439 g/mol. The minimum absolute atomic E-state index is 0.129. The lowest BCUT2D eigenvalue weighted by Crippen LogP contribution is -2.48. The SMILES string of the molecule is COc1ccc(-c2nc(CN3CCC(C(=O)NC4CCCC(C)C4C)CC3)c(C)o2)cc1.